The number of benzene rings is 1. The maximum absolute atomic E-state index is 12.8. The van der Waals surface area contributed by atoms with Gasteiger partial charge in [-0.05, 0) is 5.56 Å². The van der Waals surface area contributed by atoms with Crippen molar-refractivity contribution >= 4 is 11.9 Å². The number of nitrogens with zero attached hydrogens (tertiary/aromatic N) is 4. The van der Waals surface area contributed by atoms with Gasteiger partial charge in [0.15, 0.2) is 5.82 Å². The zero-order valence-electron chi connectivity index (χ0n) is 11.4. The molecule has 1 aliphatic rings. The molecule has 6 heteroatoms. The number of aromatic nitrogens is 2. The van der Waals surface area contributed by atoms with Gasteiger partial charge in [0.25, 0.3) is 0 Å². The van der Waals surface area contributed by atoms with Gasteiger partial charge < -0.3 is 9.80 Å². The van der Waals surface area contributed by atoms with Crippen LogP contribution in [0, 0.1) is 5.82 Å². The first-order valence-corrected chi connectivity index (χ1v) is 6.76. The molecule has 5 nitrogen and oxygen atoms in total. The molecule has 0 spiro atoms. The number of carbonyl (C=O) groups excluding carboxylic acids is 1. The number of halogens is 1. The predicted octanol–water partition coefficient (Wildman–Crippen LogP) is 1.46. The van der Waals surface area contributed by atoms with Crippen molar-refractivity contribution in [2.75, 3.05) is 24.5 Å². The lowest BCUT2D eigenvalue weighted by atomic mass is 10.2. The fourth-order valence-electron chi connectivity index (χ4n) is 2.32. The molecule has 1 aliphatic heterocycles. The van der Waals surface area contributed by atoms with Crippen molar-refractivity contribution in [1.82, 2.24) is 14.9 Å². The fraction of sp³-hybridized carbons (Fsp3) is 0.267. The number of hydrogen-bond donors (Lipinski definition) is 0. The first kappa shape index (κ1) is 13.5. The summed E-state index contributed by atoms with van der Waals surface area (Å²) in [6.45, 7) is 2.08. The zero-order valence-corrected chi connectivity index (χ0v) is 11.4. The summed E-state index contributed by atoms with van der Waals surface area (Å²) in [6, 6.07) is 9.88. The van der Waals surface area contributed by atoms with Crippen LogP contribution < -0.4 is 4.90 Å². The topological polar surface area (TPSA) is 49.3 Å². The molecule has 0 N–H and O–H groups in total. The molecule has 1 fully saturated rings. The summed E-state index contributed by atoms with van der Waals surface area (Å²) in [4.78, 5) is 23.6. The highest BCUT2D eigenvalue weighted by Gasteiger charge is 2.25. The van der Waals surface area contributed by atoms with Crippen molar-refractivity contribution in [2.24, 2.45) is 0 Å². The highest BCUT2D eigenvalue weighted by Crippen LogP contribution is 2.13. The molecule has 0 unspecified atom stereocenters. The lowest BCUT2D eigenvalue weighted by Gasteiger charge is -2.34. The van der Waals surface area contributed by atoms with Gasteiger partial charge in [-0.2, -0.15) is 0 Å². The molecule has 0 aliphatic carbocycles. The van der Waals surface area contributed by atoms with Crippen LogP contribution in [0.1, 0.15) is 5.56 Å². The van der Waals surface area contributed by atoms with Gasteiger partial charge in [-0.15, -0.1) is 0 Å². The first-order valence-electron chi connectivity index (χ1n) is 6.76. The minimum atomic E-state index is -0.479. The van der Waals surface area contributed by atoms with Crippen LogP contribution >= 0.6 is 0 Å². The number of rotatable bonds is 3. The number of amides is 1. The highest BCUT2D eigenvalue weighted by atomic mass is 19.1. The van der Waals surface area contributed by atoms with Crippen molar-refractivity contribution < 1.29 is 9.18 Å². The zero-order chi connectivity index (χ0) is 14.7. The largest absolute Gasteiger partial charge is 0.335 e. The van der Waals surface area contributed by atoms with E-state index in [-0.39, 0.29) is 12.5 Å². The molecule has 1 saturated heterocycles. The maximum atomic E-state index is 12.8. The number of piperazine rings is 1. The van der Waals surface area contributed by atoms with Crippen LogP contribution in [0.15, 0.2) is 42.7 Å². The minimum Gasteiger partial charge on any atom is -0.335 e. The lowest BCUT2D eigenvalue weighted by Crippen LogP contribution is -2.50. The Morgan fingerprint density at radius 1 is 1.10 bits per heavy atom. The highest BCUT2D eigenvalue weighted by molar-refractivity contribution is 5.82. The molecule has 1 amide bonds. The Bertz CT molecular complexity index is 617. The molecule has 0 bridgehead atoms. The molecule has 1 aromatic heterocycles. The third kappa shape index (κ3) is 3.16. The van der Waals surface area contributed by atoms with Crippen molar-refractivity contribution in [3.05, 3.63) is 54.1 Å². The van der Waals surface area contributed by atoms with E-state index in [0.717, 1.165) is 18.0 Å². The van der Waals surface area contributed by atoms with E-state index in [1.807, 2.05) is 35.2 Å². The Kier molecular flexibility index (Phi) is 3.77. The number of hydrogen-bond acceptors (Lipinski definition) is 4. The molecule has 21 heavy (non-hydrogen) atoms. The van der Waals surface area contributed by atoms with E-state index in [4.69, 9.17) is 0 Å². The number of anilines is 1. The van der Waals surface area contributed by atoms with Crippen LogP contribution in [-0.2, 0) is 11.3 Å². The van der Waals surface area contributed by atoms with Gasteiger partial charge in [-0.3, -0.25) is 4.79 Å². The molecule has 2 heterocycles. The van der Waals surface area contributed by atoms with Gasteiger partial charge in [0.1, 0.15) is 6.54 Å². The monoisotopic (exact) mass is 286 g/mol. The Morgan fingerprint density at radius 2 is 1.81 bits per heavy atom. The Labute approximate surface area is 122 Å². The first-order chi connectivity index (χ1) is 10.2. The van der Waals surface area contributed by atoms with Crippen LogP contribution in [0.4, 0.5) is 10.3 Å². The SMILES string of the molecule is O=C1CN(c2ncc(F)cn2)CCN1Cc1ccccc1. The normalized spacial score (nSPS) is 15.4. The van der Waals surface area contributed by atoms with Crippen LogP contribution in [0.25, 0.3) is 0 Å². The maximum Gasteiger partial charge on any atom is 0.242 e. The van der Waals surface area contributed by atoms with E-state index in [2.05, 4.69) is 9.97 Å². The molecule has 0 saturated carbocycles. The van der Waals surface area contributed by atoms with E-state index < -0.39 is 5.82 Å². The molecule has 0 radical (unpaired) electrons. The van der Waals surface area contributed by atoms with E-state index in [1.54, 1.807) is 4.90 Å². The second kappa shape index (κ2) is 5.87. The van der Waals surface area contributed by atoms with E-state index in [9.17, 15) is 9.18 Å². The van der Waals surface area contributed by atoms with Crippen LogP contribution in [0.2, 0.25) is 0 Å². The van der Waals surface area contributed by atoms with Gasteiger partial charge in [0.2, 0.25) is 11.9 Å². The molecular formula is C15H15FN4O. The van der Waals surface area contributed by atoms with Gasteiger partial charge in [-0.1, -0.05) is 30.3 Å². The third-order valence-electron chi connectivity index (χ3n) is 3.42. The van der Waals surface area contributed by atoms with E-state index >= 15 is 0 Å². The quantitative estimate of drug-likeness (QED) is 0.857. The average molecular weight is 286 g/mol. The van der Waals surface area contributed by atoms with E-state index in [0.29, 0.717) is 25.6 Å². The Hall–Kier alpha value is -2.50. The van der Waals surface area contributed by atoms with Crippen molar-refractivity contribution in [2.45, 2.75) is 6.54 Å². The second-order valence-electron chi connectivity index (χ2n) is 4.92. The molecule has 2 aromatic rings. The summed E-state index contributed by atoms with van der Waals surface area (Å²) in [5.41, 5.74) is 1.11. The third-order valence-corrected chi connectivity index (χ3v) is 3.42. The molecular weight excluding hydrogens is 271 g/mol. The molecule has 3 rings (SSSR count). The van der Waals surface area contributed by atoms with Gasteiger partial charge in [0.05, 0.1) is 12.4 Å². The second-order valence-corrected chi connectivity index (χ2v) is 4.92. The van der Waals surface area contributed by atoms with Gasteiger partial charge in [-0.25, -0.2) is 14.4 Å². The molecule has 108 valence electrons. The molecule has 0 atom stereocenters. The summed E-state index contributed by atoms with van der Waals surface area (Å²) in [5, 5.41) is 0. The number of carbonyl (C=O) groups is 1. The summed E-state index contributed by atoms with van der Waals surface area (Å²) in [6.07, 6.45) is 2.23. The Balaban J connectivity index is 1.64. The van der Waals surface area contributed by atoms with Crippen LogP contribution in [0.3, 0.4) is 0 Å². The summed E-state index contributed by atoms with van der Waals surface area (Å²) >= 11 is 0. The summed E-state index contributed by atoms with van der Waals surface area (Å²) in [7, 11) is 0. The lowest BCUT2D eigenvalue weighted by molar-refractivity contribution is -0.131. The smallest absolute Gasteiger partial charge is 0.242 e. The fourth-order valence-corrected chi connectivity index (χ4v) is 2.32. The Morgan fingerprint density at radius 3 is 2.48 bits per heavy atom. The van der Waals surface area contributed by atoms with Gasteiger partial charge >= 0.3 is 0 Å². The van der Waals surface area contributed by atoms with Crippen molar-refractivity contribution in [3.8, 4) is 0 Å². The summed E-state index contributed by atoms with van der Waals surface area (Å²) < 4.78 is 12.8. The van der Waals surface area contributed by atoms with Gasteiger partial charge in [0, 0.05) is 19.6 Å². The minimum absolute atomic E-state index is 0.0260. The predicted molar refractivity (Wildman–Crippen MR) is 76.1 cm³/mol. The van der Waals surface area contributed by atoms with Crippen molar-refractivity contribution in [3.63, 3.8) is 0 Å². The standard InChI is InChI=1S/C15H15FN4O/c16-13-8-17-15(18-9-13)20-7-6-19(14(21)11-20)10-12-4-2-1-3-5-12/h1-5,8-9H,6-7,10-11H2. The van der Waals surface area contributed by atoms with Crippen molar-refractivity contribution in [1.29, 1.82) is 0 Å². The van der Waals surface area contributed by atoms with Crippen LogP contribution in [-0.4, -0.2) is 40.4 Å². The average Bonchev–Trinajstić information content (AvgIpc) is 2.51. The van der Waals surface area contributed by atoms with E-state index in [1.165, 1.54) is 0 Å². The summed E-state index contributed by atoms with van der Waals surface area (Å²) in [5.74, 6) is -0.0603. The molecule has 1 aromatic carbocycles. The van der Waals surface area contributed by atoms with Crippen LogP contribution in [0.5, 0.6) is 0 Å².